The third-order valence-electron chi connectivity index (χ3n) is 4.64. The molecule has 5 nitrogen and oxygen atoms in total. The van der Waals surface area contributed by atoms with Gasteiger partial charge in [0.2, 0.25) is 0 Å². The standard InChI is InChI=1S/C19H22BrN3O2/c20-14-6-8-15(9-7-14)22-19(25)16-4-2-11-21-18(16)23-17-5-1-3-13(17)10-12-24/h2,4,6-9,11,13,17,24H,1,3,5,10,12H2,(H,21,23)(H,22,25). The van der Waals surface area contributed by atoms with Gasteiger partial charge in [0.25, 0.3) is 5.91 Å². The molecule has 3 rings (SSSR count). The SMILES string of the molecule is O=C(Nc1ccc(Br)cc1)c1cccnc1NC1CCCC1CCO. The summed E-state index contributed by atoms with van der Waals surface area (Å²) in [6.45, 7) is 0.196. The second-order valence-electron chi connectivity index (χ2n) is 6.31. The van der Waals surface area contributed by atoms with Gasteiger partial charge >= 0.3 is 0 Å². The summed E-state index contributed by atoms with van der Waals surface area (Å²) in [6, 6.07) is 11.3. The molecule has 0 bridgehead atoms. The van der Waals surface area contributed by atoms with Gasteiger partial charge in [-0.1, -0.05) is 22.4 Å². The number of nitrogens with one attached hydrogen (secondary N) is 2. The average Bonchev–Trinajstić information content (AvgIpc) is 3.05. The molecule has 0 aliphatic heterocycles. The maximum Gasteiger partial charge on any atom is 0.259 e. The lowest BCUT2D eigenvalue weighted by Gasteiger charge is -2.22. The van der Waals surface area contributed by atoms with Crippen molar-refractivity contribution in [1.82, 2.24) is 4.98 Å². The van der Waals surface area contributed by atoms with Crippen LogP contribution in [0.1, 0.15) is 36.0 Å². The smallest absolute Gasteiger partial charge is 0.259 e. The molecule has 1 fully saturated rings. The first kappa shape index (κ1) is 17.9. The fourth-order valence-electron chi connectivity index (χ4n) is 3.35. The number of aromatic nitrogens is 1. The Morgan fingerprint density at radius 1 is 1.24 bits per heavy atom. The van der Waals surface area contributed by atoms with Crippen LogP contribution in [0.3, 0.4) is 0 Å². The van der Waals surface area contributed by atoms with Gasteiger partial charge < -0.3 is 15.7 Å². The molecule has 1 aromatic heterocycles. The van der Waals surface area contributed by atoms with Gasteiger partial charge in [0, 0.05) is 29.0 Å². The van der Waals surface area contributed by atoms with E-state index in [1.54, 1.807) is 18.3 Å². The lowest BCUT2D eigenvalue weighted by molar-refractivity contribution is 0.102. The van der Waals surface area contributed by atoms with Crippen LogP contribution in [-0.4, -0.2) is 28.6 Å². The van der Waals surface area contributed by atoms with E-state index in [1.807, 2.05) is 24.3 Å². The number of rotatable bonds is 6. The van der Waals surface area contributed by atoms with E-state index in [4.69, 9.17) is 0 Å². The zero-order valence-electron chi connectivity index (χ0n) is 13.9. The van der Waals surface area contributed by atoms with Crippen LogP contribution < -0.4 is 10.6 Å². The monoisotopic (exact) mass is 403 g/mol. The van der Waals surface area contributed by atoms with Gasteiger partial charge in [-0.05, 0) is 61.6 Å². The number of aliphatic hydroxyl groups excluding tert-OH is 1. The van der Waals surface area contributed by atoms with Crippen molar-refractivity contribution in [3.05, 3.63) is 52.6 Å². The molecule has 132 valence electrons. The number of halogens is 1. The van der Waals surface area contributed by atoms with Gasteiger partial charge in [0.1, 0.15) is 5.82 Å². The van der Waals surface area contributed by atoms with E-state index >= 15 is 0 Å². The van der Waals surface area contributed by atoms with Crippen molar-refractivity contribution < 1.29 is 9.90 Å². The van der Waals surface area contributed by atoms with E-state index in [1.165, 1.54) is 0 Å². The Hall–Kier alpha value is -1.92. The minimum absolute atomic E-state index is 0.186. The summed E-state index contributed by atoms with van der Waals surface area (Å²) >= 11 is 3.38. The molecule has 1 aliphatic rings. The second kappa shape index (κ2) is 8.45. The van der Waals surface area contributed by atoms with Gasteiger partial charge in [0.15, 0.2) is 0 Å². The molecule has 1 aliphatic carbocycles. The van der Waals surface area contributed by atoms with Crippen molar-refractivity contribution in [2.24, 2.45) is 5.92 Å². The first-order chi connectivity index (χ1) is 12.2. The lowest BCUT2D eigenvalue weighted by atomic mass is 10.00. The molecule has 25 heavy (non-hydrogen) atoms. The molecule has 1 saturated carbocycles. The Morgan fingerprint density at radius 2 is 2.04 bits per heavy atom. The first-order valence-electron chi connectivity index (χ1n) is 8.56. The molecule has 0 radical (unpaired) electrons. The number of pyridine rings is 1. The summed E-state index contributed by atoms with van der Waals surface area (Å²) in [7, 11) is 0. The topological polar surface area (TPSA) is 74.2 Å². The average molecular weight is 404 g/mol. The zero-order chi connectivity index (χ0) is 17.6. The number of carbonyl (C=O) groups excluding carboxylic acids is 1. The summed E-state index contributed by atoms with van der Waals surface area (Å²) in [5.41, 5.74) is 1.27. The van der Waals surface area contributed by atoms with E-state index in [0.717, 1.165) is 35.8 Å². The molecular weight excluding hydrogens is 382 g/mol. The van der Waals surface area contributed by atoms with Gasteiger partial charge in [-0.15, -0.1) is 0 Å². The minimum Gasteiger partial charge on any atom is -0.396 e. The molecule has 1 aromatic carbocycles. The summed E-state index contributed by atoms with van der Waals surface area (Å²) < 4.78 is 0.963. The van der Waals surface area contributed by atoms with Crippen molar-refractivity contribution in [2.75, 3.05) is 17.2 Å². The quantitative estimate of drug-likeness (QED) is 0.679. The van der Waals surface area contributed by atoms with Crippen molar-refractivity contribution >= 4 is 33.3 Å². The first-order valence-corrected chi connectivity index (χ1v) is 9.36. The molecule has 1 heterocycles. The van der Waals surface area contributed by atoms with Gasteiger partial charge in [-0.3, -0.25) is 4.79 Å². The maximum atomic E-state index is 12.7. The summed E-state index contributed by atoms with van der Waals surface area (Å²) in [5.74, 6) is 0.843. The molecule has 1 amide bonds. The minimum atomic E-state index is -0.186. The van der Waals surface area contributed by atoms with Crippen LogP contribution in [0.15, 0.2) is 47.1 Å². The number of amides is 1. The molecular formula is C19H22BrN3O2. The van der Waals surface area contributed by atoms with Gasteiger partial charge in [-0.25, -0.2) is 4.98 Å². The number of anilines is 2. The number of nitrogens with zero attached hydrogens (tertiary/aromatic N) is 1. The van der Waals surface area contributed by atoms with Crippen LogP contribution in [0, 0.1) is 5.92 Å². The summed E-state index contributed by atoms with van der Waals surface area (Å²) in [6.07, 6.45) is 5.75. The number of hydrogen-bond acceptors (Lipinski definition) is 4. The predicted octanol–water partition coefficient (Wildman–Crippen LogP) is 4.06. The van der Waals surface area contributed by atoms with E-state index < -0.39 is 0 Å². The van der Waals surface area contributed by atoms with E-state index in [9.17, 15) is 9.90 Å². The van der Waals surface area contributed by atoms with Gasteiger partial charge in [0.05, 0.1) is 5.56 Å². The molecule has 6 heteroatoms. The second-order valence-corrected chi connectivity index (χ2v) is 7.23. The highest BCUT2D eigenvalue weighted by atomic mass is 79.9. The lowest BCUT2D eigenvalue weighted by Crippen LogP contribution is -2.27. The van der Waals surface area contributed by atoms with Crippen molar-refractivity contribution in [2.45, 2.75) is 31.7 Å². The largest absolute Gasteiger partial charge is 0.396 e. The third kappa shape index (κ3) is 4.58. The van der Waals surface area contributed by atoms with Crippen molar-refractivity contribution in [3.8, 4) is 0 Å². The van der Waals surface area contributed by atoms with Crippen molar-refractivity contribution in [1.29, 1.82) is 0 Å². The Balaban J connectivity index is 1.73. The molecule has 2 atom stereocenters. The third-order valence-corrected chi connectivity index (χ3v) is 5.16. The molecule has 2 aromatic rings. The molecule has 0 spiro atoms. The van der Waals surface area contributed by atoms with Gasteiger partial charge in [-0.2, -0.15) is 0 Å². The predicted molar refractivity (Wildman–Crippen MR) is 103 cm³/mol. The van der Waals surface area contributed by atoms with Crippen LogP contribution in [-0.2, 0) is 0 Å². The molecule has 2 unspecified atom stereocenters. The zero-order valence-corrected chi connectivity index (χ0v) is 15.5. The highest BCUT2D eigenvalue weighted by Gasteiger charge is 2.28. The van der Waals surface area contributed by atoms with E-state index in [-0.39, 0.29) is 18.6 Å². The molecule has 0 saturated heterocycles. The Bertz CT molecular complexity index is 721. The van der Waals surface area contributed by atoms with E-state index in [0.29, 0.717) is 17.3 Å². The fourth-order valence-corrected chi connectivity index (χ4v) is 3.61. The summed E-state index contributed by atoms with van der Waals surface area (Å²) in [4.78, 5) is 17.0. The maximum absolute atomic E-state index is 12.7. The Morgan fingerprint density at radius 3 is 2.80 bits per heavy atom. The summed E-state index contributed by atoms with van der Waals surface area (Å²) in [5, 5.41) is 15.6. The van der Waals surface area contributed by atoms with Crippen LogP contribution in [0.5, 0.6) is 0 Å². The Kier molecular flexibility index (Phi) is 6.04. The van der Waals surface area contributed by atoms with Crippen molar-refractivity contribution in [3.63, 3.8) is 0 Å². The fraction of sp³-hybridized carbons (Fsp3) is 0.368. The van der Waals surface area contributed by atoms with Crippen LogP contribution in [0.25, 0.3) is 0 Å². The van der Waals surface area contributed by atoms with Crippen LogP contribution in [0.4, 0.5) is 11.5 Å². The normalized spacial score (nSPS) is 19.6. The van der Waals surface area contributed by atoms with E-state index in [2.05, 4.69) is 31.5 Å². The number of benzene rings is 1. The highest BCUT2D eigenvalue weighted by Crippen LogP contribution is 2.31. The molecule has 3 N–H and O–H groups in total. The number of aliphatic hydroxyl groups is 1. The van der Waals surface area contributed by atoms with Crippen LogP contribution >= 0.6 is 15.9 Å². The number of hydrogen-bond donors (Lipinski definition) is 3. The van der Waals surface area contributed by atoms with Crippen LogP contribution in [0.2, 0.25) is 0 Å². The highest BCUT2D eigenvalue weighted by molar-refractivity contribution is 9.10. The Labute approximate surface area is 156 Å². The number of carbonyl (C=O) groups is 1.